The molecule has 0 aliphatic rings. The minimum Gasteiger partial charge on any atom is -0.352 e. The van der Waals surface area contributed by atoms with Crippen molar-refractivity contribution in [1.82, 2.24) is 35.1 Å². The second-order valence-corrected chi connectivity index (χ2v) is 7.51. The number of nitrogens with one attached hydrogen (secondary N) is 2. The maximum atomic E-state index is 4.79. The van der Waals surface area contributed by atoms with E-state index >= 15 is 0 Å². The molecule has 6 heterocycles. The van der Waals surface area contributed by atoms with Gasteiger partial charge in [0.1, 0.15) is 16.9 Å². The number of H-pyrrole nitrogens is 2. The second kappa shape index (κ2) is 6.32. The van der Waals surface area contributed by atoms with Gasteiger partial charge >= 0.3 is 0 Å². The lowest BCUT2D eigenvalue weighted by atomic mass is 10.1. The molecule has 138 valence electrons. The average molecular weight is 395 g/mol. The zero-order chi connectivity index (χ0) is 19.2. The quantitative estimate of drug-likeness (QED) is 0.453. The Morgan fingerprint density at radius 3 is 2.76 bits per heavy atom. The first-order chi connectivity index (χ1) is 14.4. The maximum absolute atomic E-state index is 4.79. The lowest BCUT2D eigenvalue weighted by Crippen LogP contribution is -1.89. The van der Waals surface area contributed by atoms with E-state index in [-0.39, 0.29) is 0 Å². The van der Waals surface area contributed by atoms with Crippen molar-refractivity contribution in [1.29, 1.82) is 0 Å². The molecule has 29 heavy (non-hydrogen) atoms. The van der Waals surface area contributed by atoms with Crippen molar-refractivity contribution in [3.05, 3.63) is 66.7 Å². The van der Waals surface area contributed by atoms with Crippen LogP contribution in [-0.2, 0) is 0 Å². The summed E-state index contributed by atoms with van der Waals surface area (Å²) in [6, 6.07) is 10.1. The van der Waals surface area contributed by atoms with Crippen LogP contribution in [0.2, 0.25) is 0 Å². The molecule has 0 spiro atoms. The molecule has 0 fully saturated rings. The summed E-state index contributed by atoms with van der Waals surface area (Å²) in [6.45, 7) is 0. The summed E-state index contributed by atoms with van der Waals surface area (Å²) < 4.78 is 0. The van der Waals surface area contributed by atoms with Gasteiger partial charge in [0.15, 0.2) is 0 Å². The third-order valence-electron chi connectivity index (χ3n) is 4.82. The Morgan fingerprint density at radius 1 is 0.897 bits per heavy atom. The molecule has 6 aromatic rings. The van der Waals surface area contributed by atoms with Crippen molar-refractivity contribution in [2.75, 3.05) is 0 Å². The van der Waals surface area contributed by atoms with Crippen LogP contribution < -0.4 is 0 Å². The molecule has 7 nitrogen and oxygen atoms in total. The van der Waals surface area contributed by atoms with Crippen LogP contribution in [0.1, 0.15) is 0 Å². The fraction of sp³-hybridized carbons (Fsp3) is 0. The summed E-state index contributed by atoms with van der Waals surface area (Å²) >= 11 is 1.70. The molecular weight excluding hydrogens is 382 g/mol. The van der Waals surface area contributed by atoms with Crippen molar-refractivity contribution in [3.8, 4) is 33.2 Å². The molecule has 6 aromatic heterocycles. The molecule has 0 bridgehead atoms. The number of fused-ring (bicyclic) bond motifs is 2. The highest BCUT2D eigenvalue weighted by molar-refractivity contribution is 7.13. The molecule has 0 aliphatic carbocycles. The first kappa shape index (κ1) is 16.1. The van der Waals surface area contributed by atoms with E-state index in [9.17, 15) is 0 Å². The lowest BCUT2D eigenvalue weighted by molar-refractivity contribution is 1.12. The molecule has 0 atom stereocenters. The normalized spacial score (nSPS) is 11.4. The molecule has 0 radical (unpaired) electrons. The van der Waals surface area contributed by atoms with Gasteiger partial charge < -0.3 is 4.98 Å². The van der Waals surface area contributed by atoms with Gasteiger partial charge in [0, 0.05) is 34.4 Å². The van der Waals surface area contributed by atoms with Gasteiger partial charge in [-0.25, -0.2) is 4.98 Å². The van der Waals surface area contributed by atoms with Crippen LogP contribution >= 0.6 is 11.3 Å². The van der Waals surface area contributed by atoms with Crippen LogP contribution in [0.25, 0.3) is 55.2 Å². The summed E-state index contributed by atoms with van der Waals surface area (Å²) in [5, 5.41) is 10.8. The van der Waals surface area contributed by atoms with E-state index in [2.05, 4.69) is 47.6 Å². The molecule has 0 amide bonds. The van der Waals surface area contributed by atoms with E-state index in [0.717, 1.165) is 50.3 Å². The molecule has 0 aromatic carbocycles. The van der Waals surface area contributed by atoms with Crippen molar-refractivity contribution in [2.45, 2.75) is 0 Å². The molecule has 8 heteroatoms. The van der Waals surface area contributed by atoms with Gasteiger partial charge in [-0.1, -0.05) is 6.07 Å². The van der Waals surface area contributed by atoms with Crippen LogP contribution in [0, 0.1) is 0 Å². The van der Waals surface area contributed by atoms with Crippen molar-refractivity contribution in [2.24, 2.45) is 0 Å². The number of aromatic nitrogens is 7. The average Bonchev–Trinajstić information content (AvgIpc) is 3.52. The smallest absolute Gasteiger partial charge is 0.135 e. The van der Waals surface area contributed by atoms with Gasteiger partial charge in [0.25, 0.3) is 0 Å². The fourth-order valence-corrected chi connectivity index (χ4v) is 4.22. The van der Waals surface area contributed by atoms with E-state index in [1.807, 2.05) is 30.6 Å². The van der Waals surface area contributed by atoms with E-state index in [1.165, 1.54) is 4.88 Å². The van der Waals surface area contributed by atoms with Crippen LogP contribution in [0.15, 0.2) is 66.7 Å². The zero-order valence-electron chi connectivity index (χ0n) is 15.0. The monoisotopic (exact) mass is 395 g/mol. The summed E-state index contributed by atoms with van der Waals surface area (Å²) in [4.78, 5) is 22.3. The molecule has 6 rings (SSSR count). The Bertz CT molecular complexity index is 1450. The van der Waals surface area contributed by atoms with E-state index in [4.69, 9.17) is 4.98 Å². The van der Waals surface area contributed by atoms with Gasteiger partial charge in [0.2, 0.25) is 0 Å². The van der Waals surface area contributed by atoms with E-state index in [0.29, 0.717) is 0 Å². The standard InChI is InChI=1S/C21H13N7S/c1-2-19(29-7-1)13-9-23-10-17-12(13)8-16(25-17)21-20-15(27-28-21)4-3-14(26-20)18-11-22-5-6-24-18/h1-11,25H,(H,27,28). The Labute approximate surface area is 168 Å². The topological polar surface area (TPSA) is 96.0 Å². The van der Waals surface area contributed by atoms with Crippen molar-refractivity contribution >= 4 is 33.3 Å². The predicted molar refractivity (Wildman–Crippen MR) is 113 cm³/mol. The molecule has 0 saturated carbocycles. The SMILES string of the molecule is c1csc(-c2cncc3[nH]c(-c4n[nH]c5ccc(-c6cnccn6)nc45)cc23)c1. The maximum Gasteiger partial charge on any atom is 0.135 e. The number of pyridine rings is 2. The minimum atomic E-state index is 0.724. The minimum absolute atomic E-state index is 0.724. The largest absolute Gasteiger partial charge is 0.352 e. The van der Waals surface area contributed by atoms with E-state index < -0.39 is 0 Å². The Balaban J connectivity index is 1.53. The van der Waals surface area contributed by atoms with Crippen molar-refractivity contribution in [3.63, 3.8) is 0 Å². The van der Waals surface area contributed by atoms with Crippen LogP contribution in [0.5, 0.6) is 0 Å². The zero-order valence-corrected chi connectivity index (χ0v) is 15.8. The second-order valence-electron chi connectivity index (χ2n) is 6.56. The number of nitrogens with zero attached hydrogens (tertiary/aromatic N) is 5. The number of rotatable bonds is 3. The molecule has 0 aliphatic heterocycles. The third-order valence-corrected chi connectivity index (χ3v) is 5.72. The molecule has 0 unspecified atom stereocenters. The van der Waals surface area contributed by atoms with Gasteiger partial charge in [-0.2, -0.15) is 5.10 Å². The predicted octanol–water partition coefficient (Wildman–Crippen LogP) is 4.69. The van der Waals surface area contributed by atoms with Gasteiger partial charge in [-0.3, -0.25) is 20.1 Å². The first-order valence-electron chi connectivity index (χ1n) is 8.99. The van der Waals surface area contributed by atoms with Crippen molar-refractivity contribution < 1.29 is 0 Å². The van der Waals surface area contributed by atoms with Crippen LogP contribution in [0.4, 0.5) is 0 Å². The summed E-state index contributed by atoms with van der Waals surface area (Å²) in [5.74, 6) is 0. The highest BCUT2D eigenvalue weighted by atomic mass is 32.1. The summed E-state index contributed by atoms with van der Waals surface area (Å²) in [5.41, 5.74) is 6.85. The Hall–Kier alpha value is -3.91. The Morgan fingerprint density at radius 2 is 1.90 bits per heavy atom. The Kier molecular flexibility index (Phi) is 3.50. The van der Waals surface area contributed by atoms with Gasteiger partial charge in [-0.15, -0.1) is 11.3 Å². The third kappa shape index (κ3) is 2.61. The molecule has 0 saturated heterocycles. The van der Waals surface area contributed by atoms with E-state index in [1.54, 1.807) is 29.9 Å². The van der Waals surface area contributed by atoms with Gasteiger partial charge in [0.05, 0.1) is 34.8 Å². The highest BCUT2D eigenvalue weighted by Gasteiger charge is 2.16. The molecule has 2 N–H and O–H groups in total. The number of hydrogen-bond donors (Lipinski definition) is 2. The number of thiophene rings is 1. The molecular formula is C21H13N7S. The lowest BCUT2D eigenvalue weighted by Gasteiger charge is -1.99. The highest BCUT2D eigenvalue weighted by Crippen LogP contribution is 2.35. The first-order valence-corrected chi connectivity index (χ1v) is 9.87. The van der Waals surface area contributed by atoms with Crippen LogP contribution in [-0.4, -0.2) is 35.1 Å². The summed E-state index contributed by atoms with van der Waals surface area (Å²) in [6.07, 6.45) is 8.75. The van der Waals surface area contributed by atoms with Crippen LogP contribution in [0.3, 0.4) is 0 Å². The number of hydrogen-bond acceptors (Lipinski definition) is 6. The van der Waals surface area contributed by atoms with Gasteiger partial charge in [-0.05, 0) is 29.6 Å². The summed E-state index contributed by atoms with van der Waals surface area (Å²) in [7, 11) is 0. The number of aromatic amines is 2. The fourth-order valence-electron chi connectivity index (χ4n) is 3.47.